The van der Waals surface area contributed by atoms with Crippen LogP contribution >= 0.6 is 0 Å². The Morgan fingerprint density at radius 1 is 1.05 bits per heavy atom. The van der Waals surface area contributed by atoms with Gasteiger partial charge in [-0.05, 0) is 48.4 Å². The van der Waals surface area contributed by atoms with Gasteiger partial charge in [0.05, 0.1) is 6.54 Å². The average Bonchev–Trinajstić information content (AvgIpc) is 3.24. The van der Waals surface area contributed by atoms with Crippen LogP contribution in [0.3, 0.4) is 0 Å². The molecule has 0 aromatic heterocycles. The van der Waals surface area contributed by atoms with E-state index in [2.05, 4.69) is 31.9 Å². The highest BCUT2D eigenvalue weighted by Crippen LogP contribution is 2.30. The van der Waals surface area contributed by atoms with Crippen LogP contribution in [0.5, 0.6) is 0 Å². The van der Waals surface area contributed by atoms with Gasteiger partial charge in [-0.1, -0.05) is 32.6 Å². The third-order valence-corrected chi connectivity index (χ3v) is 8.90. The predicted molar refractivity (Wildman–Crippen MR) is 153 cm³/mol. The zero-order chi connectivity index (χ0) is 29.3. The summed E-state index contributed by atoms with van der Waals surface area (Å²) >= 11 is 0. The number of amides is 3. The molecule has 220 valence electrons. The van der Waals surface area contributed by atoms with Gasteiger partial charge in [-0.3, -0.25) is 39.2 Å². The number of nitrogens with one attached hydrogen (secondary N) is 1. The fraction of sp³-hybridized carbons (Fsp3) is 0.613. The molecule has 3 amide bonds. The second-order valence-electron chi connectivity index (χ2n) is 12.8. The van der Waals surface area contributed by atoms with Crippen LogP contribution in [0.15, 0.2) is 18.2 Å². The molecule has 2 N–H and O–H groups in total. The van der Waals surface area contributed by atoms with Crippen molar-refractivity contribution in [2.75, 3.05) is 45.8 Å². The van der Waals surface area contributed by atoms with Crippen molar-refractivity contribution in [2.24, 2.45) is 5.41 Å². The van der Waals surface area contributed by atoms with E-state index in [1.165, 1.54) is 0 Å². The van der Waals surface area contributed by atoms with E-state index in [0.29, 0.717) is 31.1 Å². The molecule has 0 spiro atoms. The van der Waals surface area contributed by atoms with Gasteiger partial charge in [0.1, 0.15) is 12.1 Å². The van der Waals surface area contributed by atoms with E-state index in [1.807, 2.05) is 32.9 Å². The zero-order valence-electron chi connectivity index (χ0n) is 24.3. The summed E-state index contributed by atoms with van der Waals surface area (Å²) in [5, 5.41) is 12.1. The first-order chi connectivity index (χ1) is 19.5. The quantitative estimate of drug-likeness (QED) is 0.408. The number of fused-ring (bicyclic) bond motifs is 1. The molecule has 4 aliphatic heterocycles. The summed E-state index contributed by atoms with van der Waals surface area (Å²) in [5.41, 5.74) is 2.02. The largest absolute Gasteiger partial charge is 0.480 e. The van der Waals surface area contributed by atoms with E-state index >= 15 is 0 Å². The van der Waals surface area contributed by atoms with Crippen molar-refractivity contribution >= 4 is 23.7 Å². The molecule has 0 bridgehead atoms. The van der Waals surface area contributed by atoms with Gasteiger partial charge in [0.25, 0.3) is 5.91 Å². The van der Waals surface area contributed by atoms with Crippen LogP contribution in [-0.4, -0.2) is 112 Å². The van der Waals surface area contributed by atoms with Crippen LogP contribution in [-0.2, 0) is 20.9 Å². The van der Waals surface area contributed by atoms with Gasteiger partial charge in [0, 0.05) is 69.4 Å². The van der Waals surface area contributed by atoms with E-state index < -0.39 is 24.0 Å². The van der Waals surface area contributed by atoms with Crippen molar-refractivity contribution in [2.45, 2.75) is 71.1 Å². The van der Waals surface area contributed by atoms with Gasteiger partial charge in [0.2, 0.25) is 11.8 Å². The van der Waals surface area contributed by atoms with Crippen molar-refractivity contribution in [3.63, 3.8) is 0 Å². The van der Waals surface area contributed by atoms with Crippen molar-refractivity contribution in [3.8, 4) is 11.8 Å². The maximum absolute atomic E-state index is 12.9. The summed E-state index contributed by atoms with van der Waals surface area (Å²) in [6.45, 7) is 12.6. The maximum Gasteiger partial charge on any atom is 0.321 e. The molecule has 10 heteroatoms. The number of rotatable bonds is 5. The number of hydrogen-bond acceptors (Lipinski definition) is 7. The molecule has 3 fully saturated rings. The van der Waals surface area contributed by atoms with Crippen LogP contribution in [0.25, 0.3) is 0 Å². The highest BCUT2D eigenvalue weighted by atomic mass is 16.4. The van der Waals surface area contributed by atoms with E-state index in [9.17, 15) is 24.3 Å². The molecule has 0 aliphatic carbocycles. The van der Waals surface area contributed by atoms with Gasteiger partial charge in [-0.25, -0.2) is 0 Å². The number of carbonyl (C=O) groups is 4. The molecule has 3 saturated heterocycles. The second kappa shape index (κ2) is 11.9. The number of hydrogen-bond donors (Lipinski definition) is 2. The molecule has 2 atom stereocenters. The number of carbonyl (C=O) groups excluding carboxylic acids is 3. The van der Waals surface area contributed by atoms with Crippen molar-refractivity contribution in [3.05, 3.63) is 34.9 Å². The minimum absolute atomic E-state index is 0.173. The monoisotopic (exact) mass is 563 g/mol. The smallest absolute Gasteiger partial charge is 0.321 e. The summed E-state index contributed by atoms with van der Waals surface area (Å²) in [7, 11) is 0. The highest BCUT2D eigenvalue weighted by molar-refractivity contribution is 6.05. The molecule has 0 saturated carbocycles. The Bertz CT molecular complexity index is 1260. The Morgan fingerprint density at radius 3 is 2.39 bits per heavy atom. The fourth-order valence-corrected chi connectivity index (χ4v) is 6.78. The maximum atomic E-state index is 12.9. The zero-order valence-corrected chi connectivity index (χ0v) is 24.3. The Morgan fingerprint density at radius 2 is 1.76 bits per heavy atom. The SMILES string of the molecule is CC(C)(C)C(C(=O)O)N1CCC(N2CCN(CC#Cc3ccc4c(c3)CN(C3CCC(=O)NC3=O)C4=O)CC2)CC1. The molecule has 2 unspecified atom stereocenters. The van der Waals surface area contributed by atoms with E-state index in [0.717, 1.165) is 63.2 Å². The lowest BCUT2D eigenvalue weighted by atomic mass is 9.84. The topological polar surface area (TPSA) is 114 Å². The van der Waals surface area contributed by atoms with E-state index in [1.54, 1.807) is 11.0 Å². The van der Waals surface area contributed by atoms with Crippen LogP contribution in [0.1, 0.15) is 67.9 Å². The lowest BCUT2D eigenvalue weighted by molar-refractivity contribution is -0.148. The first-order valence-electron chi connectivity index (χ1n) is 14.7. The van der Waals surface area contributed by atoms with Crippen LogP contribution < -0.4 is 5.32 Å². The number of nitrogens with zero attached hydrogens (tertiary/aromatic N) is 4. The lowest BCUT2D eigenvalue weighted by Gasteiger charge is -2.45. The number of carboxylic acid groups (broad SMARTS) is 1. The summed E-state index contributed by atoms with van der Waals surface area (Å²) in [4.78, 5) is 57.2. The Hall–Kier alpha value is -3.26. The number of imide groups is 1. The van der Waals surface area contributed by atoms with Gasteiger partial charge in [-0.15, -0.1) is 0 Å². The Kier molecular flexibility index (Phi) is 8.50. The van der Waals surface area contributed by atoms with Crippen molar-refractivity contribution in [1.29, 1.82) is 0 Å². The average molecular weight is 564 g/mol. The molecular formula is C31H41N5O5. The van der Waals surface area contributed by atoms with Crippen LogP contribution in [0.4, 0.5) is 0 Å². The third kappa shape index (κ3) is 6.48. The summed E-state index contributed by atoms with van der Waals surface area (Å²) < 4.78 is 0. The van der Waals surface area contributed by atoms with Crippen LogP contribution in [0, 0.1) is 17.3 Å². The normalized spacial score (nSPS) is 24.0. The molecule has 10 nitrogen and oxygen atoms in total. The first-order valence-corrected chi connectivity index (χ1v) is 14.7. The van der Waals surface area contributed by atoms with E-state index in [4.69, 9.17) is 0 Å². The Labute approximate surface area is 242 Å². The van der Waals surface area contributed by atoms with E-state index in [-0.39, 0.29) is 23.7 Å². The lowest BCUT2D eigenvalue weighted by Crippen LogP contribution is -2.57. The number of likely N-dealkylation sites (tertiary alicyclic amines) is 1. The second-order valence-corrected chi connectivity index (χ2v) is 12.8. The number of benzene rings is 1. The predicted octanol–water partition coefficient (Wildman–Crippen LogP) is 1.38. The summed E-state index contributed by atoms with van der Waals surface area (Å²) in [6, 6.07) is 5.02. The molecule has 41 heavy (non-hydrogen) atoms. The molecule has 5 rings (SSSR count). The molecule has 4 aliphatic rings. The molecule has 0 radical (unpaired) electrons. The molecule has 1 aromatic rings. The van der Waals surface area contributed by atoms with Crippen LogP contribution in [0.2, 0.25) is 0 Å². The Balaban J connectivity index is 1.09. The first kappa shape index (κ1) is 29.2. The fourth-order valence-electron chi connectivity index (χ4n) is 6.78. The van der Waals surface area contributed by atoms with Crippen molar-refractivity contribution < 1.29 is 24.3 Å². The standard InChI is InChI=1S/C31H41N5O5/c1-31(2,3)27(30(40)41)35-13-10-23(11-14-35)34-17-15-33(16-18-34)12-4-5-21-6-7-24-22(19-21)20-36(29(24)39)25-8-9-26(37)32-28(25)38/h6-7,19,23,25,27H,8-18,20H2,1-3H3,(H,40,41)(H,32,37,38). The molecule has 1 aromatic carbocycles. The highest BCUT2D eigenvalue weighted by Gasteiger charge is 2.40. The number of aliphatic carboxylic acids is 1. The third-order valence-electron chi connectivity index (χ3n) is 8.90. The minimum Gasteiger partial charge on any atom is -0.480 e. The van der Waals surface area contributed by atoms with Gasteiger partial charge in [-0.2, -0.15) is 0 Å². The number of piperazine rings is 1. The van der Waals surface area contributed by atoms with Gasteiger partial charge >= 0.3 is 5.97 Å². The number of piperidine rings is 2. The summed E-state index contributed by atoms with van der Waals surface area (Å²) in [5.74, 6) is 4.94. The van der Waals surface area contributed by atoms with Crippen molar-refractivity contribution in [1.82, 2.24) is 24.9 Å². The number of carboxylic acids is 1. The van der Waals surface area contributed by atoms with Gasteiger partial charge < -0.3 is 10.0 Å². The minimum atomic E-state index is -0.728. The molecule has 4 heterocycles. The summed E-state index contributed by atoms with van der Waals surface area (Å²) in [6.07, 6.45) is 2.60. The van der Waals surface area contributed by atoms with Gasteiger partial charge in [0.15, 0.2) is 0 Å². The molecular weight excluding hydrogens is 522 g/mol.